The highest BCUT2D eigenvalue weighted by molar-refractivity contribution is 7.86. The number of hydrogen-bond donors (Lipinski definition) is 0. The second-order valence-corrected chi connectivity index (χ2v) is 4.75. The van der Waals surface area contributed by atoms with E-state index in [1.807, 2.05) is 6.92 Å². The number of aryl methyl sites for hydroxylation is 1. The third-order valence-corrected chi connectivity index (χ3v) is 3.03. The van der Waals surface area contributed by atoms with Gasteiger partial charge >= 0.3 is 0 Å². The molecular formula is C10H13O3S. The van der Waals surface area contributed by atoms with Crippen LogP contribution >= 0.6 is 0 Å². The molecule has 0 heterocycles. The molecule has 3 nitrogen and oxygen atoms in total. The molecular weight excluding hydrogens is 200 g/mol. The quantitative estimate of drug-likeness (QED) is 0.720. The highest BCUT2D eigenvalue weighted by Crippen LogP contribution is 2.14. The first kappa shape index (κ1) is 11.2. The van der Waals surface area contributed by atoms with E-state index in [9.17, 15) is 8.42 Å². The third-order valence-electron chi connectivity index (χ3n) is 1.60. The minimum atomic E-state index is -3.64. The average molecular weight is 213 g/mol. The molecule has 0 spiro atoms. The van der Waals surface area contributed by atoms with Crippen molar-refractivity contribution in [2.75, 3.05) is 0 Å². The molecule has 0 saturated heterocycles. The molecule has 0 fully saturated rings. The lowest BCUT2D eigenvalue weighted by Gasteiger charge is -2.07. The highest BCUT2D eigenvalue weighted by atomic mass is 32.2. The lowest BCUT2D eigenvalue weighted by Crippen LogP contribution is -2.12. The van der Waals surface area contributed by atoms with Crippen LogP contribution in [0.4, 0.5) is 0 Å². The van der Waals surface area contributed by atoms with E-state index in [0.717, 1.165) is 5.56 Å². The smallest absolute Gasteiger partial charge is 0.263 e. The summed E-state index contributed by atoms with van der Waals surface area (Å²) in [7, 11) is -3.64. The van der Waals surface area contributed by atoms with E-state index in [1.54, 1.807) is 19.1 Å². The molecule has 1 rings (SSSR count). The molecule has 77 valence electrons. The summed E-state index contributed by atoms with van der Waals surface area (Å²) in [6, 6.07) is 6.49. The Bertz CT molecular complexity index is 390. The van der Waals surface area contributed by atoms with Gasteiger partial charge in [0.25, 0.3) is 10.1 Å². The molecule has 4 heteroatoms. The third kappa shape index (κ3) is 2.82. The fraction of sp³-hybridized carbons (Fsp3) is 0.300. The zero-order valence-corrected chi connectivity index (χ0v) is 9.04. The lowest BCUT2D eigenvalue weighted by molar-refractivity contribution is 0.272. The van der Waals surface area contributed by atoms with Gasteiger partial charge in [0.15, 0.2) is 0 Å². The maximum Gasteiger partial charge on any atom is 0.297 e. The summed E-state index contributed by atoms with van der Waals surface area (Å²) in [5.74, 6) is 0. The first-order valence-corrected chi connectivity index (χ1v) is 5.66. The minimum Gasteiger partial charge on any atom is -0.263 e. The monoisotopic (exact) mass is 213 g/mol. The van der Waals surface area contributed by atoms with E-state index in [2.05, 4.69) is 6.92 Å². The summed E-state index contributed by atoms with van der Waals surface area (Å²) >= 11 is 0. The Hall–Kier alpha value is -0.870. The van der Waals surface area contributed by atoms with E-state index >= 15 is 0 Å². The van der Waals surface area contributed by atoms with E-state index in [4.69, 9.17) is 4.18 Å². The Kier molecular flexibility index (Phi) is 3.29. The maximum absolute atomic E-state index is 11.5. The van der Waals surface area contributed by atoms with Crippen molar-refractivity contribution in [1.82, 2.24) is 0 Å². The van der Waals surface area contributed by atoms with Crippen LogP contribution in [-0.2, 0) is 14.3 Å². The standard InChI is InChI=1S/C10H13O3S/c1-8(2)13-14(11,12)10-6-4-9(3)5-7-10/h4-8H,1H2,2-3H3. The molecule has 0 N–H and O–H groups in total. The normalized spacial score (nSPS) is 12.0. The van der Waals surface area contributed by atoms with Gasteiger partial charge in [0.05, 0.1) is 11.0 Å². The van der Waals surface area contributed by atoms with Crippen molar-refractivity contribution < 1.29 is 12.6 Å². The van der Waals surface area contributed by atoms with Gasteiger partial charge in [-0.3, -0.25) is 4.18 Å². The first-order chi connectivity index (χ1) is 6.42. The van der Waals surface area contributed by atoms with Crippen molar-refractivity contribution in [1.29, 1.82) is 0 Å². The number of benzene rings is 1. The highest BCUT2D eigenvalue weighted by Gasteiger charge is 2.16. The first-order valence-electron chi connectivity index (χ1n) is 4.25. The topological polar surface area (TPSA) is 43.4 Å². The largest absolute Gasteiger partial charge is 0.297 e. The predicted molar refractivity (Wildman–Crippen MR) is 54.3 cm³/mol. The van der Waals surface area contributed by atoms with Crippen LogP contribution in [0.25, 0.3) is 0 Å². The molecule has 1 aromatic carbocycles. The maximum atomic E-state index is 11.5. The van der Waals surface area contributed by atoms with E-state index in [-0.39, 0.29) is 4.90 Å². The molecule has 0 bridgehead atoms. The van der Waals surface area contributed by atoms with Gasteiger partial charge < -0.3 is 0 Å². The molecule has 0 saturated carbocycles. The van der Waals surface area contributed by atoms with Crippen LogP contribution in [0.1, 0.15) is 12.5 Å². The Morgan fingerprint density at radius 2 is 1.79 bits per heavy atom. The van der Waals surface area contributed by atoms with Gasteiger partial charge in [0, 0.05) is 0 Å². The summed E-state index contributed by atoms with van der Waals surface area (Å²) in [6.07, 6.45) is -0.582. The predicted octanol–water partition coefficient (Wildman–Crippen LogP) is 1.92. The van der Waals surface area contributed by atoms with Crippen LogP contribution in [0.15, 0.2) is 29.2 Å². The van der Waals surface area contributed by atoms with Crippen LogP contribution in [-0.4, -0.2) is 14.5 Å². The van der Waals surface area contributed by atoms with Crippen molar-refractivity contribution in [3.8, 4) is 0 Å². The van der Waals surface area contributed by atoms with Crippen LogP contribution < -0.4 is 0 Å². The van der Waals surface area contributed by atoms with Gasteiger partial charge in [-0.1, -0.05) is 17.7 Å². The summed E-state index contributed by atoms with van der Waals surface area (Å²) in [5.41, 5.74) is 1.01. The Balaban J connectivity index is 2.99. The fourth-order valence-electron chi connectivity index (χ4n) is 0.977. The molecule has 0 aliphatic rings. The van der Waals surface area contributed by atoms with Gasteiger partial charge in [0.1, 0.15) is 0 Å². The van der Waals surface area contributed by atoms with Crippen molar-refractivity contribution in [3.05, 3.63) is 36.8 Å². The van der Waals surface area contributed by atoms with Gasteiger partial charge in [-0.15, -0.1) is 0 Å². The number of rotatable bonds is 3. The van der Waals surface area contributed by atoms with Gasteiger partial charge in [-0.2, -0.15) is 8.42 Å². The molecule has 1 aromatic rings. The number of hydrogen-bond acceptors (Lipinski definition) is 3. The summed E-state index contributed by atoms with van der Waals surface area (Å²) in [5, 5.41) is 0. The van der Waals surface area contributed by atoms with Gasteiger partial charge in [0.2, 0.25) is 0 Å². The van der Waals surface area contributed by atoms with Crippen molar-refractivity contribution in [3.63, 3.8) is 0 Å². The average Bonchev–Trinajstić information content (AvgIpc) is 2.02. The Labute approximate surface area is 84.8 Å². The zero-order chi connectivity index (χ0) is 10.8. The van der Waals surface area contributed by atoms with Crippen LogP contribution in [0.5, 0.6) is 0 Å². The molecule has 1 atom stereocenters. The summed E-state index contributed by atoms with van der Waals surface area (Å²) in [4.78, 5) is 0.165. The second kappa shape index (κ2) is 4.11. The van der Waals surface area contributed by atoms with Crippen LogP contribution in [0, 0.1) is 13.8 Å². The molecule has 1 unspecified atom stereocenters. The van der Waals surface area contributed by atoms with Crippen molar-refractivity contribution >= 4 is 10.1 Å². The van der Waals surface area contributed by atoms with E-state index in [1.165, 1.54) is 12.1 Å². The molecule has 0 aromatic heterocycles. The molecule has 0 amide bonds. The molecule has 1 radical (unpaired) electrons. The second-order valence-electron chi connectivity index (χ2n) is 3.17. The van der Waals surface area contributed by atoms with Crippen molar-refractivity contribution in [2.45, 2.75) is 24.8 Å². The Morgan fingerprint density at radius 1 is 1.29 bits per heavy atom. The molecule has 0 aliphatic heterocycles. The minimum absolute atomic E-state index is 0.165. The molecule has 14 heavy (non-hydrogen) atoms. The van der Waals surface area contributed by atoms with Crippen LogP contribution in [0.2, 0.25) is 0 Å². The Morgan fingerprint density at radius 3 is 2.21 bits per heavy atom. The SMILES string of the molecule is [CH2]C(C)OS(=O)(=O)c1ccc(C)cc1. The van der Waals surface area contributed by atoms with Gasteiger partial charge in [-0.05, 0) is 32.9 Å². The summed E-state index contributed by atoms with van der Waals surface area (Å²) < 4.78 is 27.7. The lowest BCUT2D eigenvalue weighted by atomic mass is 10.2. The summed E-state index contributed by atoms with van der Waals surface area (Å²) in [6.45, 7) is 6.93. The van der Waals surface area contributed by atoms with E-state index < -0.39 is 16.2 Å². The zero-order valence-electron chi connectivity index (χ0n) is 8.23. The van der Waals surface area contributed by atoms with Crippen LogP contribution in [0.3, 0.4) is 0 Å². The van der Waals surface area contributed by atoms with Gasteiger partial charge in [-0.25, -0.2) is 0 Å². The van der Waals surface area contributed by atoms with E-state index in [0.29, 0.717) is 0 Å². The fourth-order valence-corrected chi connectivity index (χ4v) is 1.99. The van der Waals surface area contributed by atoms with Crippen molar-refractivity contribution in [2.24, 2.45) is 0 Å². The molecule has 0 aliphatic carbocycles.